The highest BCUT2D eigenvalue weighted by molar-refractivity contribution is 5.94. The first kappa shape index (κ1) is 19.4. The van der Waals surface area contributed by atoms with E-state index in [1.165, 1.54) is 17.9 Å². The van der Waals surface area contributed by atoms with E-state index in [-0.39, 0.29) is 11.5 Å². The predicted molar refractivity (Wildman–Crippen MR) is 95.2 cm³/mol. The van der Waals surface area contributed by atoms with E-state index in [4.69, 9.17) is 4.74 Å². The molecule has 0 aliphatic heterocycles. The second-order valence-electron chi connectivity index (χ2n) is 6.49. The topological polar surface area (TPSA) is 99.5 Å². The minimum absolute atomic E-state index is 0.236. The number of nitrogens with zero attached hydrogens (tertiary/aromatic N) is 2. The zero-order chi connectivity index (χ0) is 19.2. The first-order valence-corrected chi connectivity index (χ1v) is 8.61. The van der Waals surface area contributed by atoms with Gasteiger partial charge in [-0.15, -0.1) is 0 Å². The van der Waals surface area contributed by atoms with Gasteiger partial charge >= 0.3 is 5.97 Å². The monoisotopic (exact) mass is 357 g/mol. The Morgan fingerprint density at radius 1 is 1.27 bits per heavy atom. The number of esters is 1. The van der Waals surface area contributed by atoms with Gasteiger partial charge in [0.05, 0.1) is 11.6 Å². The number of benzene rings is 1. The van der Waals surface area contributed by atoms with Crippen molar-refractivity contribution in [2.45, 2.75) is 44.6 Å². The molecular formula is C19H23N3O4. The molecule has 0 saturated heterocycles. The highest BCUT2D eigenvalue weighted by atomic mass is 16.5. The number of carbonyl (C=O) groups is 3. The van der Waals surface area contributed by atoms with E-state index >= 15 is 0 Å². The summed E-state index contributed by atoms with van der Waals surface area (Å²) >= 11 is 0. The Morgan fingerprint density at radius 2 is 1.96 bits per heavy atom. The van der Waals surface area contributed by atoms with E-state index in [0.717, 1.165) is 19.3 Å². The van der Waals surface area contributed by atoms with E-state index in [2.05, 4.69) is 11.4 Å². The zero-order valence-electron chi connectivity index (χ0n) is 15.1. The van der Waals surface area contributed by atoms with E-state index in [1.54, 1.807) is 25.2 Å². The van der Waals surface area contributed by atoms with Crippen LogP contribution in [-0.4, -0.2) is 41.9 Å². The summed E-state index contributed by atoms with van der Waals surface area (Å²) in [5.41, 5.74) is -0.104. The Bertz CT molecular complexity index is 733. The molecule has 0 heterocycles. The highest BCUT2D eigenvalue weighted by Crippen LogP contribution is 2.32. The number of nitrogens with one attached hydrogen (secondary N) is 1. The number of nitriles is 1. The van der Waals surface area contributed by atoms with Crippen molar-refractivity contribution in [2.75, 3.05) is 19.0 Å². The Hall–Kier alpha value is -2.88. The second-order valence-corrected chi connectivity index (χ2v) is 6.49. The molecule has 0 aromatic heterocycles. The SMILES string of the molecule is CC(=O)Nc1cccc(C(=O)OCC(=O)N(C)C2(C#N)CCCCC2)c1. The van der Waals surface area contributed by atoms with Crippen LogP contribution >= 0.6 is 0 Å². The van der Waals surface area contributed by atoms with Crippen LogP contribution in [0.15, 0.2) is 24.3 Å². The number of ether oxygens (including phenoxy) is 1. The Balaban J connectivity index is 1.97. The Labute approximate surface area is 152 Å². The second kappa shape index (κ2) is 8.48. The van der Waals surface area contributed by atoms with Crippen molar-refractivity contribution in [3.63, 3.8) is 0 Å². The fourth-order valence-corrected chi connectivity index (χ4v) is 3.13. The third kappa shape index (κ3) is 4.60. The van der Waals surface area contributed by atoms with Gasteiger partial charge in [0.15, 0.2) is 6.61 Å². The lowest BCUT2D eigenvalue weighted by molar-refractivity contribution is -0.138. The molecule has 26 heavy (non-hydrogen) atoms. The van der Waals surface area contributed by atoms with Crippen molar-refractivity contribution >= 4 is 23.5 Å². The van der Waals surface area contributed by atoms with Crippen LogP contribution in [0.2, 0.25) is 0 Å². The maximum Gasteiger partial charge on any atom is 0.338 e. The molecule has 1 saturated carbocycles. The van der Waals surface area contributed by atoms with Gasteiger partial charge in [-0.05, 0) is 31.0 Å². The van der Waals surface area contributed by atoms with Crippen molar-refractivity contribution in [1.82, 2.24) is 4.90 Å². The number of amides is 2. The average Bonchev–Trinajstić information content (AvgIpc) is 2.65. The van der Waals surface area contributed by atoms with Gasteiger partial charge < -0.3 is 15.0 Å². The molecular weight excluding hydrogens is 334 g/mol. The highest BCUT2D eigenvalue weighted by Gasteiger charge is 2.39. The summed E-state index contributed by atoms with van der Waals surface area (Å²) in [7, 11) is 1.59. The minimum atomic E-state index is -0.812. The standard InChI is InChI=1S/C19H23N3O4/c1-14(23)21-16-8-6-7-15(11-16)18(25)26-12-17(24)22(2)19(13-20)9-4-3-5-10-19/h6-8,11H,3-5,9-10,12H2,1-2H3,(H,21,23). The Morgan fingerprint density at radius 3 is 2.58 bits per heavy atom. The molecule has 0 radical (unpaired) electrons. The van der Waals surface area contributed by atoms with Gasteiger partial charge in [-0.2, -0.15) is 5.26 Å². The van der Waals surface area contributed by atoms with Crippen molar-refractivity contribution in [3.05, 3.63) is 29.8 Å². The van der Waals surface area contributed by atoms with Crippen molar-refractivity contribution in [1.29, 1.82) is 5.26 Å². The number of rotatable bonds is 5. The molecule has 7 nitrogen and oxygen atoms in total. The van der Waals surface area contributed by atoms with E-state index in [9.17, 15) is 19.6 Å². The molecule has 0 atom stereocenters. The molecule has 0 unspecified atom stereocenters. The summed E-state index contributed by atoms with van der Waals surface area (Å²) in [6.07, 6.45) is 4.14. The lowest BCUT2D eigenvalue weighted by Gasteiger charge is -2.38. The molecule has 2 amide bonds. The molecule has 1 N–H and O–H groups in total. The number of carbonyl (C=O) groups excluding carboxylic acids is 3. The lowest BCUT2D eigenvalue weighted by atomic mass is 9.81. The normalized spacial score (nSPS) is 15.4. The van der Waals surface area contributed by atoms with E-state index < -0.39 is 24.0 Å². The van der Waals surface area contributed by atoms with E-state index in [0.29, 0.717) is 18.5 Å². The summed E-state index contributed by atoms with van der Waals surface area (Å²) in [6, 6.07) is 8.55. The predicted octanol–water partition coefficient (Wildman–Crippen LogP) is 2.49. The van der Waals surface area contributed by atoms with Crippen LogP contribution in [0.5, 0.6) is 0 Å². The third-order valence-electron chi connectivity index (χ3n) is 4.65. The van der Waals surface area contributed by atoms with Gasteiger partial charge in [0.2, 0.25) is 5.91 Å². The van der Waals surface area contributed by atoms with Crippen molar-refractivity contribution < 1.29 is 19.1 Å². The fourth-order valence-electron chi connectivity index (χ4n) is 3.13. The van der Waals surface area contributed by atoms with Crippen molar-refractivity contribution in [2.24, 2.45) is 0 Å². The minimum Gasteiger partial charge on any atom is -0.452 e. The summed E-state index contributed by atoms with van der Waals surface area (Å²) < 4.78 is 5.10. The van der Waals surface area contributed by atoms with Crippen LogP contribution in [0.1, 0.15) is 49.4 Å². The summed E-state index contributed by atoms with van der Waals surface area (Å²) in [4.78, 5) is 37.1. The average molecular weight is 357 g/mol. The molecule has 0 bridgehead atoms. The van der Waals surface area contributed by atoms with Crippen LogP contribution in [0.25, 0.3) is 0 Å². The van der Waals surface area contributed by atoms with Crippen LogP contribution in [0, 0.1) is 11.3 Å². The van der Waals surface area contributed by atoms with E-state index in [1.807, 2.05) is 0 Å². The molecule has 7 heteroatoms. The maximum absolute atomic E-state index is 12.4. The molecule has 1 fully saturated rings. The number of hydrogen-bond donors (Lipinski definition) is 1. The van der Waals surface area contributed by atoms with Crippen LogP contribution in [0.3, 0.4) is 0 Å². The molecule has 1 aromatic carbocycles. The molecule has 0 spiro atoms. The quantitative estimate of drug-likeness (QED) is 0.816. The number of hydrogen-bond acceptors (Lipinski definition) is 5. The Kier molecular flexibility index (Phi) is 6.34. The number of likely N-dealkylation sites (N-methyl/N-ethyl adjacent to an activating group) is 1. The molecule has 1 aromatic rings. The molecule has 1 aliphatic rings. The van der Waals surface area contributed by atoms with Gasteiger partial charge in [0, 0.05) is 19.7 Å². The van der Waals surface area contributed by atoms with Crippen molar-refractivity contribution in [3.8, 4) is 6.07 Å². The van der Waals surface area contributed by atoms with Crippen LogP contribution in [0.4, 0.5) is 5.69 Å². The smallest absolute Gasteiger partial charge is 0.338 e. The van der Waals surface area contributed by atoms with Gasteiger partial charge in [0.1, 0.15) is 5.54 Å². The molecule has 138 valence electrons. The molecule has 1 aliphatic carbocycles. The summed E-state index contributed by atoms with van der Waals surface area (Å²) in [5.74, 6) is -1.31. The molecule has 2 rings (SSSR count). The zero-order valence-corrected chi connectivity index (χ0v) is 15.1. The number of anilines is 1. The fraction of sp³-hybridized carbons (Fsp3) is 0.474. The third-order valence-corrected chi connectivity index (χ3v) is 4.65. The summed E-state index contributed by atoms with van der Waals surface area (Å²) in [5, 5.41) is 12.1. The first-order valence-electron chi connectivity index (χ1n) is 8.61. The van der Waals surface area contributed by atoms with Gasteiger partial charge in [-0.3, -0.25) is 9.59 Å². The largest absolute Gasteiger partial charge is 0.452 e. The van der Waals surface area contributed by atoms with Gasteiger partial charge in [-0.1, -0.05) is 25.3 Å². The van der Waals surface area contributed by atoms with Crippen LogP contribution in [-0.2, 0) is 14.3 Å². The van der Waals surface area contributed by atoms with Gasteiger partial charge in [-0.25, -0.2) is 4.79 Å². The van der Waals surface area contributed by atoms with Gasteiger partial charge in [0.25, 0.3) is 5.91 Å². The lowest BCUT2D eigenvalue weighted by Crippen LogP contribution is -2.51. The summed E-state index contributed by atoms with van der Waals surface area (Å²) in [6.45, 7) is 0.943. The maximum atomic E-state index is 12.4. The first-order chi connectivity index (χ1) is 12.4. The van der Waals surface area contributed by atoms with Crippen LogP contribution < -0.4 is 5.32 Å².